The molecule has 5 rings (SSSR count). The fourth-order valence-electron chi connectivity index (χ4n) is 3.80. The van der Waals surface area contributed by atoms with Crippen LogP contribution >= 0.6 is 11.3 Å². The summed E-state index contributed by atoms with van der Waals surface area (Å²) < 4.78 is 20.9. The minimum atomic E-state index is -0.647. The van der Waals surface area contributed by atoms with Crippen molar-refractivity contribution >= 4 is 27.2 Å². The summed E-state index contributed by atoms with van der Waals surface area (Å²) in [6.45, 7) is 5.21. The molecule has 1 aromatic carbocycles. The summed E-state index contributed by atoms with van der Waals surface area (Å²) in [6, 6.07) is 11.7. The van der Waals surface area contributed by atoms with Crippen molar-refractivity contribution in [3.8, 4) is 22.1 Å². The normalized spacial score (nSPS) is 15.1. The maximum Gasteiger partial charge on any atom is 0.167 e. The van der Waals surface area contributed by atoms with Gasteiger partial charge in [-0.25, -0.2) is 4.39 Å². The molecular weight excluding hydrogens is 441 g/mol. The maximum absolute atomic E-state index is 14.3. The monoisotopic (exact) mass is 463 g/mol. The smallest absolute Gasteiger partial charge is 0.167 e. The first-order valence-electron chi connectivity index (χ1n) is 10.6. The molecule has 1 aliphatic heterocycles. The third kappa shape index (κ3) is 4.75. The third-order valence-corrected chi connectivity index (χ3v) is 6.86. The molecule has 0 radical (unpaired) electrons. The Morgan fingerprint density at radius 1 is 1.06 bits per heavy atom. The van der Waals surface area contributed by atoms with E-state index < -0.39 is 5.82 Å². The van der Waals surface area contributed by atoms with Gasteiger partial charge in [-0.1, -0.05) is 6.07 Å². The van der Waals surface area contributed by atoms with Crippen LogP contribution in [0.25, 0.3) is 20.8 Å². The zero-order chi connectivity index (χ0) is 22.8. The predicted octanol–water partition coefficient (Wildman–Crippen LogP) is 5.44. The second-order valence-corrected chi connectivity index (χ2v) is 9.13. The number of benzene rings is 1. The largest absolute Gasteiger partial charge is 0.453 e. The molecule has 0 aliphatic carbocycles. The molecule has 4 heterocycles. The zero-order valence-corrected chi connectivity index (χ0v) is 18.9. The molecule has 0 N–H and O–H groups in total. The van der Waals surface area contributed by atoms with Gasteiger partial charge in [0, 0.05) is 57.3 Å². The topological polar surface area (TPSA) is 70.9 Å². The second-order valence-electron chi connectivity index (χ2n) is 8.07. The van der Waals surface area contributed by atoms with E-state index in [2.05, 4.69) is 38.1 Å². The minimum absolute atomic E-state index is 0.0141. The van der Waals surface area contributed by atoms with E-state index in [1.807, 2.05) is 18.3 Å². The van der Waals surface area contributed by atoms with Gasteiger partial charge in [0.25, 0.3) is 0 Å². The highest BCUT2D eigenvalue weighted by Gasteiger charge is 2.16. The van der Waals surface area contributed by atoms with Gasteiger partial charge in [0.15, 0.2) is 11.6 Å². The number of piperazine rings is 1. The van der Waals surface area contributed by atoms with Gasteiger partial charge in [-0.05, 0) is 42.1 Å². The lowest BCUT2D eigenvalue weighted by Crippen LogP contribution is -2.43. The Bertz CT molecular complexity index is 1290. The van der Waals surface area contributed by atoms with E-state index in [0.29, 0.717) is 5.75 Å². The number of halogens is 1. The number of pyridine rings is 2. The molecule has 1 fully saturated rings. The molecule has 7 nitrogen and oxygen atoms in total. The highest BCUT2D eigenvalue weighted by atomic mass is 32.1. The summed E-state index contributed by atoms with van der Waals surface area (Å²) in [7, 11) is 2.15. The van der Waals surface area contributed by atoms with Crippen LogP contribution in [0.5, 0.6) is 11.5 Å². The van der Waals surface area contributed by atoms with Crippen molar-refractivity contribution in [2.75, 3.05) is 33.2 Å². The Balaban J connectivity index is 1.36. The molecule has 1 saturated heterocycles. The maximum atomic E-state index is 14.3. The van der Waals surface area contributed by atoms with Crippen LogP contribution in [-0.2, 0) is 6.54 Å². The van der Waals surface area contributed by atoms with Crippen LogP contribution in [0.1, 0.15) is 5.56 Å². The first-order valence-corrected chi connectivity index (χ1v) is 11.5. The lowest BCUT2D eigenvalue weighted by atomic mass is 10.2. The van der Waals surface area contributed by atoms with Gasteiger partial charge in [-0.15, -0.1) is 16.2 Å². The van der Waals surface area contributed by atoms with E-state index in [-0.39, 0.29) is 11.4 Å². The molecule has 0 unspecified atom stereocenters. The quantitative estimate of drug-likeness (QED) is 0.355. The second kappa shape index (κ2) is 9.30. The molecule has 1 aliphatic rings. The SMILES string of the molecule is CN1CCN(Cc2ccc(-c3cc4nccc(Oc5ccc(N=O)cc5F)c4s3)nc2)CC1. The first-order chi connectivity index (χ1) is 16.1. The highest BCUT2D eigenvalue weighted by molar-refractivity contribution is 7.22. The molecule has 0 atom stereocenters. The summed E-state index contributed by atoms with van der Waals surface area (Å²) in [5, 5.41) is 2.74. The molecule has 168 valence electrons. The Labute approximate surface area is 194 Å². The Hall–Kier alpha value is -3.27. The molecule has 4 aromatic rings. The van der Waals surface area contributed by atoms with Crippen molar-refractivity contribution in [3.63, 3.8) is 0 Å². The summed E-state index contributed by atoms with van der Waals surface area (Å²) in [6.07, 6.45) is 3.56. The summed E-state index contributed by atoms with van der Waals surface area (Å²) in [5.74, 6) is -0.128. The number of ether oxygens (including phenoxy) is 1. The van der Waals surface area contributed by atoms with Gasteiger partial charge >= 0.3 is 0 Å². The molecule has 0 saturated carbocycles. The van der Waals surface area contributed by atoms with Crippen molar-refractivity contribution in [1.29, 1.82) is 0 Å². The van der Waals surface area contributed by atoms with E-state index in [4.69, 9.17) is 4.74 Å². The number of aromatic nitrogens is 2. The van der Waals surface area contributed by atoms with E-state index in [1.165, 1.54) is 29.0 Å². The Morgan fingerprint density at radius 2 is 1.91 bits per heavy atom. The first kappa shape index (κ1) is 21.6. The minimum Gasteiger partial charge on any atom is -0.453 e. The number of hydrogen-bond donors (Lipinski definition) is 0. The van der Waals surface area contributed by atoms with E-state index >= 15 is 0 Å². The molecule has 3 aromatic heterocycles. The number of hydrogen-bond acceptors (Lipinski definition) is 8. The van der Waals surface area contributed by atoms with Crippen LogP contribution in [0.4, 0.5) is 10.1 Å². The molecule has 0 spiro atoms. The van der Waals surface area contributed by atoms with Gasteiger partial charge in [0.05, 0.1) is 20.8 Å². The fourth-order valence-corrected chi connectivity index (χ4v) is 4.84. The summed E-state index contributed by atoms with van der Waals surface area (Å²) in [5.41, 5.74) is 2.82. The van der Waals surface area contributed by atoms with Crippen LogP contribution < -0.4 is 4.74 Å². The van der Waals surface area contributed by atoms with Crippen molar-refractivity contribution in [2.24, 2.45) is 5.18 Å². The van der Waals surface area contributed by atoms with E-state index in [1.54, 1.807) is 12.3 Å². The Kier molecular flexibility index (Phi) is 6.08. The van der Waals surface area contributed by atoms with Gasteiger partial charge in [-0.2, -0.15) is 0 Å². The number of thiophene rings is 1. The van der Waals surface area contributed by atoms with Crippen molar-refractivity contribution in [2.45, 2.75) is 6.54 Å². The molecular formula is C24H22FN5O2S. The van der Waals surface area contributed by atoms with Crippen molar-refractivity contribution in [3.05, 3.63) is 71.1 Å². The van der Waals surface area contributed by atoms with Crippen LogP contribution in [0.15, 0.2) is 60.0 Å². The number of likely N-dealkylation sites (N-methyl/N-ethyl adjacent to an activating group) is 1. The molecule has 33 heavy (non-hydrogen) atoms. The van der Waals surface area contributed by atoms with E-state index in [0.717, 1.165) is 59.6 Å². The van der Waals surface area contributed by atoms with Gasteiger partial charge in [-0.3, -0.25) is 14.9 Å². The number of nitrogens with zero attached hydrogens (tertiary/aromatic N) is 5. The lowest BCUT2D eigenvalue weighted by Gasteiger charge is -2.32. The zero-order valence-electron chi connectivity index (χ0n) is 18.1. The van der Waals surface area contributed by atoms with Gasteiger partial charge in [0.2, 0.25) is 0 Å². The lowest BCUT2D eigenvalue weighted by molar-refractivity contribution is 0.148. The van der Waals surface area contributed by atoms with Crippen molar-refractivity contribution < 1.29 is 9.13 Å². The van der Waals surface area contributed by atoms with Crippen LogP contribution in [0.3, 0.4) is 0 Å². The van der Waals surface area contributed by atoms with E-state index in [9.17, 15) is 9.30 Å². The number of fused-ring (bicyclic) bond motifs is 1. The van der Waals surface area contributed by atoms with Crippen LogP contribution in [-0.4, -0.2) is 53.0 Å². The fraction of sp³-hybridized carbons (Fsp3) is 0.250. The Morgan fingerprint density at radius 3 is 2.64 bits per heavy atom. The molecule has 0 amide bonds. The van der Waals surface area contributed by atoms with Crippen molar-refractivity contribution in [1.82, 2.24) is 19.8 Å². The number of nitroso groups, excluding NO2 is 1. The number of rotatable bonds is 6. The standard InChI is InChI=1S/C24H22FN5O2S/c1-29-8-10-30(11-9-29)15-16-2-4-19(27-14-16)23-13-20-24(33-23)22(6-7-26-20)32-21-5-3-17(28-31)12-18(21)25/h2-7,12-14H,8-11,15H2,1H3. The predicted molar refractivity (Wildman–Crippen MR) is 128 cm³/mol. The summed E-state index contributed by atoms with van der Waals surface area (Å²) in [4.78, 5) is 25.4. The van der Waals surface area contributed by atoms with Gasteiger partial charge < -0.3 is 9.64 Å². The third-order valence-electron chi connectivity index (χ3n) is 5.70. The molecule has 0 bridgehead atoms. The van der Waals surface area contributed by atoms with Gasteiger partial charge in [0.1, 0.15) is 11.4 Å². The molecule has 9 heteroatoms. The summed E-state index contributed by atoms with van der Waals surface area (Å²) >= 11 is 1.49. The highest BCUT2D eigenvalue weighted by Crippen LogP contribution is 2.39. The van der Waals surface area contributed by atoms with Crippen LogP contribution in [0, 0.1) is 10.7 Å². The average molecular weight is 464 g/mol. The average Bonchev–Trinajstić information content (AvgIpc) is 3.28. The van der Waals surface area contributed by atoms with Crippen LogP contribution in [0.2, 0.25) is 0 Å².